The van der Waals surface area contributed by atoms with Crippen LogP contribution in [0.5, 0.6) is 5.75 Å². The molecule has 1 N–H and O–H groups in total. The second-order valence-corrected chi connectivity index (χ2v) is 5.28. The highest BCUT2D eigenvalue weighted by Gasteiger charge is 2.27. The van der Waals surface area contributed by atoms with Gasteiger partial charge in [-0.15, -0.1) is 11.6 Å². The first-order chi connectivity index (χ1) is 9.25. The number of rotatable bonds is 2. The smallest absolute Gasteiger partial charge is 0.255 e. The molecular formula is C14H16ClNO3. The average molecular weight is 282 g/mol. The molecule has 1 amide bonds. The topological polar surface area (TPSA) is 47.6 Å². The zero-order valence-electron chi connectivity index (χ0n) is 10.5. The van der Waals surface area contributed by atoms with Gasteiger partial charge < -0.3 is 14.8 Å². The fourth-order valence-electron chi connectivity index (χ4n) is 2.49. The van der Waals surface area contributed by atoms with E-state index in [2.05, 4.69) is 5.32 Å². The van der Waals surface area contributed by atoms with Crippen molar-refractivity contribution < 1.29 is 14.3 Å². The minimum absolute atomic E-state index is 0.0366. The molecule has 1 saturated heterocycles. The summed E-state index contributed by atoms with van der Waals surface area (Å²) in [6.07, 6.45) is 2.05. The van der Waals surface area contributed by atoms with Gasteiger partial charge in [0.25, 0.3) is 5.91 Å². The van der Waals surface area contributed by atoms with E-state index in [0.29, 0.717) is 24.5 Å². The van der Waals surface area contributed by atoms with Gasteiger partial charge in [-0.1, -0.05) is 6.07 Å². The average Bonchev–Trinajstić information content (AvgIpc) is 2.90. The van der Waals surface area contributed by atoms with Crippen molar-refractivity contribution in [2.45, 2.75) is 24.3 Å². The monoisotopic (exact) mass is 281 g/mol. The van der Waals surface area contributed by atoms with Crippen LogP contribution in [0.15, 0.2) is 18.2 Å². The summed E-state index contributed by atoms with van der Waals surface area (Å²) in [5.41, 5.74) is 1.46. The Kier molecular flexibility index (Phi) is 3.62. The first-order valence-electron chi connectivity index (χ1n) is 6.56. The maximum Gasteiger partial charge on any atom is 0.255 e. The van der Waals surface area contributed by atoms with Crippen LogP contribution in [0.4, 0.5) is 0 Å². The van der Waals surface area contributed by atoms with E-state index in [1.807, 2.05) is 18.2 Å². The predicted molar refractivity (Wildman–Crippen MR) is 71.8 cm³/mol. The molecule has 2 aliphatic heterocycles. The van der Waals surface area contributed by atoms with E-state index in [0.717, 1.165) is 25.0 Å². The zero-order valence-corrected chi connectivity index (χ0v) is 11.3. The Labute approximate surface area is 117 Å². The number of nitrogens with one attached hydrogen (secondary N) is 1. The molecule has 102 valence electrons. The summed E-state index contributed by atoms with van der Waals surface area (Å²) in [5.74, 6) is 0.514. The Morgan fingerprint density at radius 3 is 3.05 bits per heavy atom. The van der Waals surface area contributed by atoms with E-state index in [1.165, 1.54) is 0 Å². The SMILES string of the molecule is O=C1NCCOc2ccc(C(Cl)C3CCCO3)cc21. The van der Waals surface area contributed by atoms with Crippen molar-refractivity contribution in [1.82, 2.24) is 5.32 Å². The molecule has 2 aliphatic rings. The number of hydrogen-bond acceptors (Lipinski definition) is 3. The lowest BCUT2D eigenvalue weighted by molar-refractivity contribution is 0.0955. The summed E-state index contributed by atoms with van der Waals surface area (Å²) >= 11 is 6.45. The third-order valence-corrected chi connectivity index (χ3v) is 4.04. The van der Waals surface area contributed by atoms with Crippen LogP contribution < -0.4 is 10.1 Å². The quantitative estimate of drug-likeness (QED) is 0.846. The molecule has 2 atom stereocenters. The summed E-state index contributed by atoms with van der Waals surface area (Å²) in [7, 11) is 0. The maximum absolute atomic E-state index is 11.9. The minimum atomic E-state index is -0.219. The zero-order chi connectivity index (χ0) is 13.2. The van der Waals surface area contributed by atoms with Crippen molar-refractivity contribution in [3.8, 4) is 5.75 Å². The van der Waals surface area contributed by atoms with E-state index < -0.39 is 0 Å². The number of alkyl halides is 1. The van der Waals surface area contributed by atoms with Gasteiger partial charge in [0.15, 0.2) is 0 Å². The number of carbonyl (C=O) groups excluding carboxylic acids is 1. The van der Waals surface area contributed by atoms with E-state index in [4.69, 9.17) is 21.1 Å². The minimum Gasteiger partial charge on any atom is -0.491 e. The molecule has 2 heterocycles. The van der Waals surface area contributed by atoms with Crippen LogP contribution in [-0.2, 0) is 4.74 Å². The second kappa shape index (κ2) is 5.39. The Morgan fingerprint density at radius 2 is 2.26 bits per heavy atom. The normalized spacial score (nSPS) is 24.1. The summed E-state index contributed by atoms with van der Waals surface area (Å²) in [6, 6.07) is 5.55. The lowest BCUT2D eigenvalue weighted by atomic mass is 10.0. The summed E-state index contributed by atoms with van der Waals surface area (Å²) < 4.78 is 11.1. The fourth-order valence-corrected chi connectivity index (χ4v) is 2.83. The lowest BCUT2D eigenvalue weighted by Gasteiger charge is -2.18. The Hall–Kier alpha value is -1.26. The van der Waals surface area contributed by atoms with Crippen molar-refractivity contribution in [2.75, 3.05) is 19.8 Å². The molecular weight excluding hydrogens is 266 g/mol. The molecule has 0 saturated carbocycles. The molecule has 0 spiro atoms. The van der Waals surface area contributed by atoms with Gasteiger partial charge in [-0.3, -0.25) is 4.79 Å². The fraction of sp³-hybridized carbons (Fsp3) is 0.500. The van der Waals surface area contributed by atoms with Crippen molar-refractivity contribution in [1.29, 1.82) is 0 Å². The van der Waals surface area contributed by atoms with Gasteiger partial charge >= 0.3 is 0 Å². The number of fused-ring (bicyclic) bond motifs is 1. The van der Waals surface area contributed by atoms with Crippen molar-refractivity contribution in [3.05, 3.63) is 29.3 Å². The Bertz CT molecular complexity index is 486. The number of ether oxygens (including phenoxy) is 2. The molecule has 0 aliphatic carbocycles. The highest BCUT2D eigenvalue weighted by atomic mass is 35.5. The van der Waals surface area contributed by atoms with Crippen LogP contribution in [-0.4, -0.2) is 31.8 Å². The Morgan fingerprint density at radius 1 is 1.37 bits per heavy atom. The first-order valence-corrected chi connectivity index (χ1v) is 7.00. The van der Waals surface area contributed by atoms with Gasteiger partial charge in [0, 0.05) is 6.61 Å². The molecule has 0 bridgehead atoms. The molecule has 0 radical (unpaired) electrons. The third kappa shape index (κ3) is 2.55. The predicted octanol–water partition coefficient (Wildman–Crippen LogP) is 2.27. The van der Waals surface area contributed by atoms with Crippen molar-refractivity contribution >= 4 is 17.5 Å². The van der Waals surface area contributed by atoms with Gasteiger partial charge in [-0.2, -0.15) is 0 Å². The van der Waals surface area contributed by atoms with Crippen LogP contribution >= 0.6 is 11.6 Å². The number of hydrogen-bond donors (Lipinski definition) is 1. The summed E-state index contributed by atoms with van der Waals surface area (Å²) in [5, 5.41) is 2.58. The molecule has 3 rings (SSSR count). The molecule has 2 unspecified atom stereocenters. The van der Waals surface area contributed by atoms with Crippen LogP contribution in [0.1, 0.15) is 34.1 Å². The van der Waals surface area contributed by atoms with Crippen molar-refractivity contribution in [3.63, 3.8) is 0 Å². The number of benzene rings is 1. The van der Waals surface area contributed by atoms with E-state index in [1.54, 1.807) is 0 Å². The number of carbonyl (C=O) groups is 1. The highest BCUT2D eigenvalue weighted by molar-refractivity contribution is 6.21. The highest BCUT2D eigenvalue weighted by Crippen LogP contribution is 2.34. The Balaban J connectivity index is 1.89. The van der Waals surface area contributed by atoms with Gasteiger partial charge in [-0.25, -0.2) is 0 Å². The number of amides is 1. The van der Waals surface area contributed by atoms with Gasteiger partial charge in [0.2, 0.25) is 0 Å². The van der Waals surface area contributed by atoms with Gasteiger partial charge in [0.1, 0.15) is 12.4 Å². The molecule has 1 aromatic rings. The van der Waals surface area contributed by atoms with Crippen molar-refractivity contribution in [2.24, 2.45) is 0 Å². The maximum atomic E-state index is 11.9. The molecule has 4 nitrogen and oxygen atoms in total. The van der Waals surface area contributed by atoms with Crippen LogP contribution in [0.25, 0.3) is 0 Å². The molecule has 19 heavy (non-hydrogen) atoms. The van der Waals surface area contributed by atoms with E-state index >= 15 is 0 Å². The van der Waals surface area contributed by atoms with E-state index in [-0.39, 0.29) is 17.4 Å². The van der Waals surface area contributed by atoms with Crippen LogP contribution in [0.3, 0.4) is 0 Å². The first kappa shape index (κ1) is 12.8. The largest absolute Gasteiger partial charge is 0.491 e. The van der Waals surface area contributed by atoms with E-state index in [9.17, 15) is 4.79 Å². The van der Waals surface area contributed by atoms with Gasteiger partial charge in [0.05, 0.1) is 23.6 Å². The summed E-state index contributed by atoms with van der Waals surface area (Å²) in [6.45, 7) is 1.79. The molecule has 0 aromatic heterocycles. The molecule has 1 fully saturated rings. The second-order valence-electron chi connectivity index (χ2n) is 4.81. The van der Waals surface area contributed by atoms with Crippen LogP contribution in [0, 0.1) is 0 Å². The summed E-state index contributed by atoms with van der Waals surface area (Å²) in [4.78, 5) is 11.9. The molecule has 5 heteroatoms. The van der Waals surface area contributed by atoms with Gasteiger partial charge in [-0.05, 0) is 30.5 Å². The standard InChI is InChI=1S/C14H16ClNO3/c15-13(12-2-1-6-18-12)9-3-4-11-10(8-9)14(17)16-5-7-19-11/h3-4,8,12-13H,1-2,5-7H2,(H,16,17). The third-order valence-electron chi connectivity index (χ3n) is 3.50. The molecule has 1 aromatic carbocycles. The lowest BCUT2D eigenvalue weighted by Crippen LogP contribution is -2.24. The number of halogens is 1. The van der Waals surface area contributed by atoms with Crippen LogP contribution in [0.2, 0.25) is 0 Å².